The average Bonchev–Trinajstić information content (AvgIpc) is 1.99. The molecule has 0 fully saturated rings. The molecule has 2 N–H and O–H groups in total. The molecule has 6 heteroatoms. The van der Waals surface area contributed by atoms with E-state index in [0.29, 0.717) is 5.56 Å². The van der Waals surface area contributed by atoms with Gasteiger partial charge in [0.2, 0.25) is 5.91 Å². The van der Waals surface area contributed by atoms with Crippen molar-refractivity contribution >= 4 is 28.5 Å². The number of benzene rings is 1. The fourth-order valence-corrected chi connectivity index (χ4v) is 2.26. The minimum Gasteiger partial charge on any atom is -0.366 e. The molecule has 1 rings (SSSR count). The van der Waals surface area contributed by atoms with E-state index in [1.54, 1.807) is 22.6 Å². The van der Waals surface area contributed by atoms with Crippen molar-refractivity contribution in [2.75, 3.05) is 0 Å². The zero-order chi connectivity index (χ0) is 11.8. The highest BCUT2D eigenvalue weighted by Gasteiger charge is 2.36. The van der Waals surface area contributed by atoms with Crippen LogP contribution in [0, 0.1) is 10.5 Å². The third-order valence-corrected chi connectivity index (χ3v) is 2.64. The Balaban J connectivity index is 3.54. The summed E-state index contributed by atoms with van der Waals surface area (Å²) < 4.78 is 37.9. The molecule has 0 aliphatic carbocycles. The Kier molecular flexibility index (Phi) is 3.27. The van der Waals surface area contributed by atoms with E-state index >= 15 is 0 Å². The normalized spacial score (nSPS) is 11.5. The SMILES string of the molecule is Cc1cc(I)c(C(N)=O)c(C(F)(F)F)c1. The quantitative estimate of drug-likeness (QED) is 0.791. The second kappa shape index (κ2) is 3.99. The molecule has 1 aromatic carbocycles. The molecule has 0 radical (unpaired) electrons. The van der Waals surface area contributed by atoms with E-state index in [0.717, 1.165) is 6.07 Å². The number of primary amides is 1. The number of halogens is 4. The summed E-state index contributed by atoms with van der Waals surface area (Å²) >= 11 is 1.67. The number of rotatable bonds is 1. The smallest absolute Gasteiger partial charge is 0.366 e. The molecule has 0 saturated carbocycles. The predicted octanol–water partition coefficient (Wildman–Crippen LogP) is 2.72. The standard InChI is InChI=1S/C9H7F3INO/c1-4-2-5(9(10,11)12)7(8(14)15)6(13)3-4/h2-3H,1H3,(H2,14,15). The first-order valence-electron chi connectivity index (χ1n) is 3.90. The van der Waals surface area contributed by atoms with Gasteiger partial charge in [-0.15, -0.1) is 0 Å². The summed E-state index contributed by atoms with van der Waals surface area (Å²) in [4.78, 5) is 10.9. The molecule has 0 saturated heterocycles. The minimum absolute atomic E-state index is 0.215. The molecule has 0 aromatic heterocycles. The van der Waals surface area contributed by atoms with Crippen LogP contribution in [0.3, 0.4) is 0 Å². The molecule has 1 amide bonds. The van der Waals surface area contributed by atoms with Gasteiger partial charge in [0.05, 0.1) is 11.1 Å². The van der Waals surface area contributed by atoms with Crippen LogP contribution < -0.4 is 5.73 Å². The van der Waals surface area contributed by atoms with Crippen molar-refractivity contribution in [3.63, 3.8) is 0 Å². The molecule has 0 bridgehead atoms. The Morgan fingerprint density at radius 3 is 2.33 bits per heavy atom. The highest BCUT2D eigenvalue weighted by atomic mass is 127. The maximum Gasteiger partial charge on any atom is 0.417 e. The number of amides is 1. The van der Waals surface area contributed by atoms with Crippen molar-refractivity contribution in [2.24, 2.45) is 5.73 Å². The Hall–Kier alpha value is -0.790. The molecule has 0 atom stereocenters. The first-order chi connectivity index (χ1) is 6.73. The number of hydrogen-bond donors (Lipinski definition) is 1. The van der Waals surface area contributed by atoms with Crippen molar-refractivity contribution < 1.29 is 18.0 Å². The van der Waals surface area contributed by atoms with Gasteiger partial charge in [0.1, 0.15) is 0 Å². The van der Waals surface area contributed by atoms with Crippen LogP contribution in [0.1, 0.15) is 21.5 Å². The van der Waals surface area contributed by atoms with Gasteiger partial charge in [-0.25, -0.2) is 0 Å². The first kappa shape index (κ1) is 12.3. The zero-order valence-corrected chi connectivity index (χ0v) is 9.81. The summed E-state index contributed by atoms with van der Waals surface area (Å²) in [6, 6.07) is 2.40. The number of hydrogen-bond acceptors (Lipinski definition) is 1. The lowest BCUT2D eigenvalue weighted by Gasteiger charge is -2.13. The van der Waals surface area contributed by atoms with Crippen LogP contribution in [0.15, 0.2) is 12.1 Å². The lowest BCUT2D eigenvalue weighted by molar-refractivity contribution is -0.138. The monoisotopic (exact) mass is 329 g/mol. The number of nitrogens with two attached hydrogens (primary N) is 1. The van der Waals surface area contributed by atoms with Crippen LogP contribution in [-0.4, -0.2) is 5.91 Å². The van der Waals surface area contributed by atoms with Crippen LogP contribution in [0.25, 0.3) is 0 Å². The van der Waals surface area contributed by atoms with Gasteiger partial charge in [0.15, 0.2) is 0 Å². The van der Waals surface area contributed by atoms with Crippen molar-refractivity contribution in [3.05, 3.63) is 32.4 Å². The maximum atomic E-state index is 12.6. The molecule has 15 heavy (non-hydrogen) atoms. The summed E-state index contributed by atoms with van der Waals surface area (Å²) in [5.74, 6) is -1.06. The van der Waals surface area contributed by atoms with E-state index in [4.69, 9.17) is 5.73 Å². The zero-order valence-electron chi connectivity index (χ0n) is 7.65. The van der Waals surface area contributed by atoms with Gasteiger partial charge >= 0.3 is 6.18 Å². The molecule has 0 aliphatic rings. The molecule has 0 unspecified atom stereocenters. The lowest BCUT2D eigenvalue weighted by Crippen LogP contribution is -2.20. The van der Waals surface area contributed by atoms with Gasteiger partial charge in [-0.05, 0) is 47.2 Å². The van der Waals surface area contributed by atoms with Crippen molar-refractivity contribution in [2.45, 2.75) is 13.1 Å². The van der Waals surface area contributed by atoms with Gasteiger partial charge in [0.25, 0.3) is 0 Å². The fraction of sp³-hybridized carbons (Fsp3) is 0.222. The van der Waals surface area contributed by atoms with Gasteiger partial charge < -0.3 is 5.73 Å². The Bertz CT molecular complexity index is 415. The first-order valence-corrected chi connectivity index (χ1v) is 4.98. The van der Waals surface area contributed by atoms with Crippen molar-refractivity contribution in [1.82, 2.24) is 0 Å². The van der Waals surface area contributed by atoms with Crippen LogP contribution in [0.2, 0.25) is 0 Å². The summed E-state index contributed by atoms with van der Waals surface area (Å²) in [6.45, 7) is 1.53. The van der Waals surface area contributed by atoms with Crippen LogP contribution >= 0.6 is 22.6 Å². The average molecular weight is 329 g/mol. The molecule has 1 aromatic rings. The summed E-state index contributed by atoms with van der Waals surface area (Å²) in [5, 5.41) is 0. The highest BCUT2D eigenvalue weighted by molar-refractivity contribution is 14.1. The lowest BCUT2D eigenvalue weighted by atomic mass is 10.0. The third kappa shape index (κ3) is 2.61. The highest BCUT2D eigenvalue weighted by Crippen LogP contribution is 2.34. The molecular weight excluding hydrogens is 322 g/mol. The number of carbonyl (C=O) groups is 1. The number of alkyl halides is 3. The van der Waals surface area contributed by atoms with E-state index in [-0.39, 0.29) is 3.57 Å². The fourth-order valence-electron chi connectivity index (χ4n) is 1.22. The maximum absolute atomic E-state index is 12.6. The van der Waals surface area contributed by atoms with Crippen LogP contribution in [0.5, 0.6) is 0 Å². The molecular formula is C9H7F3INO. The van der Waals surface area contributed by atoms with E-state index < -0.39 is 23.2 Å². The summed E-state index contributed by atoms with van der Waals surface area (Å²) in [6.07, 6.45) is -4.56. The molecule has 2 nitrogen and oxygen atoms in total. The van der Waals surface area contributed by atoms with Crippen molar-refractivity contribution in [3.8, 4) is 0 Å². The van der Waals surface area contributed by atoms with Crippen LogP contribution in [-0.2, 0) is 6.18 Å². The third-order valence-electron chi connectivity index (χ3n) is 1.79. The van der Waals surface area contributed by atoms with Gasteiger partial charge in [-0.3, -0.25) is 4.79 Å². The number of aryl methyl sites for hydroxylation is 1. The van der Waals surface area contributed by atoms with Crippen LogP contribution in [0.4, 0.5) is 13.2 Å². The van der Waals surface area contributed by atoms with E-state index in [1.165, 1.54) is 13.0 Å². The predicted molar refractivity (Wildman–Crippen MR) is 57.4 cm³/mol. The molecule has 0 heterocycles. The Morgan fingerprint density at radius 2 is 1.93 bits per heavy atom. The topological polar surface area (TPSA) is 43.1 Å². The van der Waals surface area contributed by atoms with Crippen molar-refractivity contribution in [1.29, 1.82) is 0 Å². The summed E-state index contributed by atoms with van der Waals surface area (Å²) in [5.41, 5.74) is 3.92. The van der Waals surface area contributed by atoms with E-state index in [1.807, 2.05) is 0 Å². The Labute approximate surface area is 97.8 Å². The molecule has 0 aliphatic heterocycles. The largest absolute Gasteiger partial charge is 0.417 e. The molecule has 82 valence electrons. The van der Waals surface area contributed by atoms with E-state index in [2.05, 4.69) is 0 Å². The van der Waals surface area contributed by atoms with Gasteiger partial charge in [-0.1, -0.05) is 0 Å². The van der Waals surface area contributed by atoms with Gasteiger partial charge in [-0.2, -0.15) is 13.2 Å². The minimum atomic E-state index is -4.56. The second-order valence-electron chi connectivity index (χ2n) is 3.03. The van der Waals surface area contributed by atoms with Gasteiger partial charge in [0, 0.05) is 3.57 Å². The number of carbonyl (C=O) groups excluding carboxylic acids is 1. The van der Waals surface area contributed by atoms with E-state index in [9.17, 15) is 18.0 Å². The Morgan fingerprint density at radius 1 is 1.40 bits per heavy atom. The second-order valence-corrected chi connectivity index (χ2v) is 4.19. The summed E-state index contributed by atoms with van der Waals surface area (Å²) in [7, 11) is 0. The molecule has 0 spiro atoms.